The van der Waals surface area contributed by atoms with E-state index in [0.29, 0.717) is 30.4 Å². The highest BCUT2D eigenvalue weighted by atomic mass is 32.2. The van der Waals surface area contributed by atoms with Crippen molar-refractivity contribution in [3.8, 4) is 0 Å². The number of aromatic nitrogens is 1. The molecule has 1 N–H and O–H groups in total. The molecule has 2 aromatic carbocycles. The van der Waals surface area contributed by atoms with E-state index in [9.17, 15) is 14.4 Å². The zero-order chi connectivity index (χ0) is 27.2. The van der Waals surface area contributed by atoms with Crippen molar-refractivity contribution in [2.24, 2.45) is 4.99 Å². The van der Waals surface area contributed by atoms with Gasteiger partial charge < -0.3 is 10.1 Å². The molecule has 3 amide bonds. The molecule has 0 radical (unpaired) electrons. The number of nitrogens with one attached hydrogen (secondary N) is 1. The predicted octanol–water partition coefficient (Wildman–Crippen LogP) is 4.62. The minimum Gasteiger partial charge on any atom is -0.445 e. The van der Waals surface area contributed by atoms with Gasteiger partial charge in [0.1, 0.15) is 17.9 Å². The molecule has 3 aromatic rings. The van der Waals surface area contributed by atoms with Gasteiger partial charge in [-0.3, -0.25) is 29.4 Å². The van der Waals surface area contributed by atoms with Crippen molar-refractivity contribution < 1.29 is 19.1 Å². The summed E-state index contributed by atoms with van der Waals surface area (Å²) in [4.78, 5) is 50.5. The van der Waals surface area contributed by atoms with Crippen molar-refractivity contribution in [3.63, 3.8) is 0 Å². The van der Waals surface area contributed by atoms with Crippen LogP contribution in [-0.2, 0) is 27.5 Å². The highest BCUT2D eigenvalue weighted by Crippen LogP contribution is 2.39. The summed E-state index contributed by atoms with van der Waals surface area (Å²) in [7, 11) is 1.72. The Morgan fingerprint density at radius 3 is 2.59 bits per heavy atom. The fourth-order valence-electron chi connectivity index (χ4n) is 4.53. The molecule has 2 atom stereocenters. The van der Waals surface area contributed by atoms with Gasteiger partial charge in [0.15, 0.2) is 5.17 Å². The van der Waals surface area contributed by atoms with Gasteiger partial charge in [-0.1, -0.05) is 60.3 Å². The van der Waals surface area contributed by atoms with Crippen LogP contribution in [0.4, 0.5) is 10.5 Å². The van der Waals surface area contributed by atoms with Crippen molar-refractivity contribution in [3.05, 3.63) is 95.8 Å². The molecule has 1 unspecified atom stereocenters. The van der Waals surface area contributed by atoms with E-state index in [2.05, 4.69) is 15.3 Å². The number of carbonyl (C=O) groups excluding carboxylic acids is 3. The number of likely N-dealkylation sites (N-methyl/N-ethyl adjacent to an activating group) is 1. The fourth-order valence-corrected chi connectivity index (χ4v) is 5.68. The molecule has 2 aliphatic heterocycles. The van der Waals surface area contributed by atoms with Crippen molar-refractivity contribution in [2.45, 2.75) is 37.3 Å². The van der Waals surface area contributed by atoms with Gasteiger partial charge in [0.2, 0.25) is 11.8 Å². The van der Waals surface area contributed by atoms with Gasteiger partial charge in [-0.05, 0) is 48.2 Å². The number of carbonyl (C=O) groups is 3. The Hall–Kier alpha value is -4.18. The third-order valence-corrected chi connectivity index (χ3v) is 7.97. The van der Waals surface area contributed by atoms with Crippen molar-refractivity contribution in [2.75, 3.05) is 18.9 Å². The van der Waals surface area contributed by atoms with Crippen LogP contribution in [0.3, 0.4) is 0 Å². The van der Waals surface area contributed by atoms with Crippen LogP contribution in [0.1, 0.15) is 34.9 Å². The van der Waals surface area contributed by atoms with Gasteiger partial charge in [0, 0.05) is 25.5 Å². The number of aliphatic imine (C=N–C) groups is 1. The van der Waals surface area contributed by atoms with E-state index < -0.39 is 17.4 Å². The molecule has 0 aliphatic carbocycles. The molecular formula is C29H29N5O4S. The Bertz CT molecular complexity index is 1350. The first kappa shape index (κ1) is 26.4. The Kier molecular flexibility index (Phi) is 8.21. The van der Waals surface area contributed by atoms with Gasteiger partial charge in [0.05, 0.1) is 12.2 Å². The molecule has 200 valence electrons. The zero-order valence-electron chi connectivity index (χ0n) is 21.5. The Balaban J connectivity index is 1.17. The second-order valence-electron chi connectivity index (χ2n) is 9.32. The van der Waals surface area contributed by atoms with Crippen LogP contribution in [0.5, 0.6) is 0 Å². The van der Waals surface area contributed by atoms with Crippen LogP contribution in [0, 0.1) is 0 Å². The average molecular weight is 544 g/mol. The van der Waals surface area contributed by atoms with Crippen LogP contribution < -0.4 is 5.32 Å². The lowest BCUT2D eigenvalue weighted by Gasteiger charge is -2.23. The Labute approximate surface area is 231 Å². The summed E-state index contributed by atoms with van der Waals surface area (Å²) < 4.78 is 5.44. The second-order valence-corrected chi connectivity index (χ2v) is 10.4. The fraction of sp³-hybridized carbons (Fsp3) is 0.276. The van der Waals surface area contributed by atoms with E-state index in [1.807, 2.05) is 60.7 Å². The lowest BCUT2D eigenvalue weighted by molar-refractivity contribution is -0.125. The quantitative estimate of drug-likeness (QED) is 0.466. The highest BCUT2D eigenvalue weighted by Gasteiger charge is 2.37. The number of benzene rings is 2. The third kappa shape index (κ3) is 6.28. The molecule has 2 fully saturated rings. The van der Waals surface area contributed by atoms with E-state index in [1.165, 1.54) is 16.7 Å². The number of hydrogen-bond donors (Lipinski definition) is 1. The van der Waals surface area contributed by atoms with E-state index >= 15 is 0 Å². The normalized spacial score (nSPS) is 19.9. The highest BCUT2D eigenvalue weighted by molar-refractivity contribution is 8.15. The number of pyridine rings is 1. The largest absolute Gasteiger partial charge is 0.445 e. The molecule has 0 spiro atoms. The molecule has 39 heavy (non-hydrogen) atoms. The van der Waals surface area contributed by atoms with Crippen LogP contribution in [0.25, 0.3) is 0 Å². The van der Waals surface area contributed by atoms with Gasteiger partial charge in [-0.2, -0.15) is 0 Å². The van der Waals surface area contributed by atoms with Crippen molar-refractivity contribution in [1.29, 1.82) is 0 Å². The monoisotopic (exact) mass is 543 g/mol. The SMILES string of the molecule is CN1C(=O)C(c2ccc(NC(=O)[C@@H]3CCCN3C(=O)OCc3ccccc3)cc2)S/C1=N\Cc1ccccn1. The lowest BCUT2D eigenvalue weighted by atomic mass is 10.1. The molecule has 2 saturated heterocycles. The predicted molar refractivity (Wildman–Crippen MR) is 150 cm³/mol. The summed E-state index contributed by atoms with van der Waals surface area (Å²) in [6.07, 6.45) is 2.53. The molecule has 5 rings (SSSR count). The lowest BCUT2D eigenvalue weighted by Crippen LogP contribution is -2.43. The molecule has 3 heterocycles. The number of nitrogens with zero attached hydrogens (tertiary/aromatic N) is 4. The smallest absolute Gasteiger partial charge is 0.410 e. The summed E-state index contributed by atoms with van der Waals surface area (Å²) in [5, 5.41) is 3.14. The maximum atomic E-state index is 13.0. The number of amides is 3. The second kappa shape index (κ2) is 12.1. The van der Waals surface area contributed by atoms with E-state index in [0.717, 1.165) is 23.2 Å². The Morgan fingerprint density at radius 1 is 1.08 bits per heavy atom. The number of anilines is 1. The summed E-state index contributed by atoms with van der Waals surface area (Å²) >= 11 is 1.40. The van der Waals surface area contributed by atoms with Gasteiger partial charge in [0.25, 0.3) is 0 Å². The number of thioether (sulfide) groups is 1. The average Bonchev–Trinajstić information content (AvgIpc) is 3.58. The first-order valence-corrected chi connectivity index (χ1v) is 13.6. The first-order chi connectivity index (χ1) is 19.0. The maximum Gasteiger partial charge on any atom is 0.410 e. The van der Waals surface area contributed by atoms with Gasteiger partial charge >= 0.3 is 6.09 Å². The van der Waals surface area contributed by atoms with Crippen molar-refractivity contribution >= 4 is 40.5 Å². The zero-order valence-corrected chi connectivity index (χ0v) is 22.3. The Morgan fingerprint density at radius 2 is 1.85 bits per heavy atom. The van der Waals surface area contributed by atoms with E-state index in [4.69, 9.17) is 4.74 Å². The topological polar surface area (TPSA) is 104 Å². The minimum absolute atomic E-state index is 0.0489. The van der Waals surface area contributed by atoms with Crippen LogP contribution in [-0.4, -0.2) is 57.5 Å². The third-order valence-electron chi connectivity index (χ3n) is 6.64. The summed E-state index contributed by atoms with van der Waals surface area (Å²) in [5.41, 5.74) is 3.15. The summed E-state index contributed by atoms with van der Waals surface area (Å²) in [6.45, 7) is 1.04. The number of hydrogen-bond acceptors (Lipinski definition) is 7. The minimum atomic E-state index is -0.591. The number of likely N-dealkylation sites (tertiary alicyclic amines) is 1. The summed E-state index contributed by atoms with van der Waals surface area (Å²) in [5.74, 6) is -0.306. The maximum absolute atomic E-state index is 13.0. The first-order valence-electron chi connectivity index (χ1n) is 12.8. The molecule has 0 bridgehead atoms. The standard InChI is InChI=1S/C29H29N5O4S/c1-33-27(36)25(39-28(33)31-18-23-10-5-6-16-30-23)21-12-14-22(15-13-21)32-26(35)24-11-7-17-34(24)29(37)38-19-20-8-3-2-4-9-20/h2-6,8-10,12-16,24-25H,7,11,17-19H2,1H3,(H,32,35)/b31-28-/t24-,25?/m0/s1. The number of rotatable bonds is 7. The molecule has 2 aliphatic rings. The van der Waals surface area contributed by atoms with Gasteiger partial charge in [-0.25, -0.2) is 4.79 Å². The molecular weight excluding hydrogens is 514 g/mol. The van der Waals surface area contributed by atoms with Crippen molar-refractivity contribution in [1.82, 2.24) is 14.8 Å². The van der Waals surface area contributed by atoms with Gasteiger partial charge in [-0.15, -0.1) is 0 Å². The number of amidine groups is 1. The molecule has 9 nitrogen and oxygen atoms in total. The number of ether oxygens (including phenoxy) is 1. The van der Waals surface area contributed by atoms with E-state index in [1.54, 1.807) is 30.3 Å². The van der Waals surface area contributed by atoms with Crippen LogP contribution in [0.15, 0.2) is 84.0 Å². The molecule has 0 saturated carbocycles. The van der Waals surface area contributed by atoms with Crippen LogP contribution >= 0.6 is 11.8 Å². The van der Waals surface area contributed by atoms with Crippen LogP contribution in [0.2, 0.25) is 0 Å². The summed E-state index contributed by atoms with van der Waals surface area (Å²) in [6, 6.07) is 21.7. The van der Waals surface area contributed by atoms with E-state index in [-0.39, 0.29) is 18.4 Å². The molecule has 10 heteroatoms. The molecule has 1 aromatic heterocycles.